The molecule has 0 aromatic heterocycles. The smallest absolute Gasteiger partial charge is 0.338 e. The quantitative estimate of drug-likeness (QED) is 0.762. The maximum atomic E-state index is 12.1. The van der Waals surface area contributed by atoms with Crippen molar-refractivity contribution >= 4 is 31.9 Å². The molecular weight excluding hydrogens is 362 g/mol. The van der Waals surface area contributed by atoms with E-state index in [9.17, 15) is 13.2 Å². The van der Waals surface area contributed by atoms with Crippen molar-refractivity contribution in [1.82, 2.24) is 0 Å². The molecular formula is C13H18BrNO5S. The second-order valence-corrected chi connectivity index (χ2v) is 6.94. The van der Waals surface area contributed by atoms with Crippen LogP contribution in [-0.2, 0) is 19.5 Å². The maximum absolute atomic E-state index is 12.1. The molecule has 1 aromatic rings. The predicted molar refractivity (Wildman–Crippen MR) is 81.6 cm³/mol. The molecule has 8 heteroatoms. The Bertz CT molecular complexity index is 630. The van der Waals surface area contributed by atoms with Crippen molar-refractivity contribution in [3.8, 4) is 0 Å². The molecule has 2 N–H and O–H groups in total. The van der Waals surface area contributed by atoms with Gasteiger partial charge in [-0.1, -0.05) is 15.9 Å². The molecule has 1 atom stereocenters. The van der Waals surface area contributed by atoms with Crippen molar-refractivity contribution in [3.63, 3.8) is 0 Å². The lowest BCUT2D eigenvalue weighted by atomic mass is 10.1. The fraction of sp³-hybridized carbons (Fsp3) is 0.462. The third-order valence-corrected chi connectivity index (χ3v) is 4.21. The highest BCUT2D eigenvalue weighted by atomic mass is 79.9. The number of hydrogen-bond acceptors (Lipinski definition) is 5. The Hall–Kier alpha value is -0.960. The molecule has 0 saturated carbocycles. The van der Waals surface area contributed by atoms with E-state index in [0.717, 1.165) is 0 Å². The van der Waals surface area contributed by atoms with E-state index < -0.39 is 22.1 Å². The number of primary sulfonamides is 1. The molecule has 1 aromatic carbocycles. The van der Waals surface area contributed by atoms with Gasteiger partial charge in [-0.2, -0.15) is 0 Å². The highest BCUT2D eigenvalue weighted by Crippen LogP contribution is 2.24. The Balaban J connectivity index is 3.08. The van der Waals surface area contributed by atoms with E-state index in [1.165, 1.54) is 19.1 Å². The Labute approximate surface area is 132 Å². The zero-order valence-electron chi connectivity index (χ0n) is 12.1. The molecule has 0 aliphatic heterocycles. The Morgan fingerprint density at radius 1 is 1.43 bits per heavy atom. The average Bonchev–Trinajstić information content (AvgIpc) is 2.37. The van der Waals surface area contributed by atoms with E-state index in [1.54, 1.807) is 6.92 Å². The van der Waals surface area contributed by atoms with E-state index in [1.807, 2.05) is 6.92 Å². The van der Waals surface area contributed by atoms with Crippen molar-refractivity contribution < 1.29 is 22.7 Å². The highest BCUT2D eigenvalue weighted by molar-refractivity contribution is 9.10. The summed E-state index contributed by atoms with van der Waals surface area (Å²) in [6.07, 6.45) is -0.436. The molecule has 1 rings (SSSR count). The van der Waals surface area contributed by atoms with Gasteiger partial charge in [-0.3, -0.25) is 0 Å². The van der Waals surface area contributed by atoms with Gasteiger partial charge in [-0.05, 0) is 38.5 Å². The number of ether oxygens (including phenoxy) is 2. The SMILES string of the molecule is CCOCC(C)OC(=O)c1cc(Br)cc(S(N)(=O)=O)c1C. The van der Waals surface area contributed by atoms with E-state index in [-0.39, 0.29) is 22.6 Å². The molecule has 21 heavy (non-hydrogen) atoms. The summed E-state index contributed by atoms with van der Waals surface area (Å²) >= 11 is 3.16. The third-order valence-electron chi connectivity index (χ3n) is 2.72. The van der Waals surface area contributed by atoms with E-state index in [4.69, 9.17) is 14.6 Å². The van der Waals surface area contributed by atoms with Gasteiger partial charge in [0.2, 0.25) is 10.0 Å². The van der Waals surface area contributed by atoms with Crippen LogP contribution in [0, 0.1) is 6.92 Å². The highest BCUT2D eigenvalue weighted by Gasteiger charge is 2.21. The number of rotatable bonds is 6. The molecule has 0 radical (unpaired) electrons. The summed E-state index contributed by atoms with van der Waals surface area (Å²) in [7, 11) is -3.92. The number of hydrogen-bond donors (Lipinski definition) is 1. The second-order valence-electron chi connectivity index (χ2n) is 4.50. The normalized spacial score (nSPS) is 13.0. The van der Waals surface area contributed by atoms with Gasteiger partial charge in [0.05, 0.1) is 17.1 Å². The molecule has 118 valence electrons. The first kappa shape index (κ1) is 18.1. The van der Waals surface area contributed by atoms with Crippen LogP contribution in [0.1, 0.15) is 29.8 Å². The first-order valence-corrected chi connectivity index (χ1v) is 8.62. The minimum absolute atomic E-state index is 0.110. The summed E-state index contributed by atoms with van der Waals surface area (Å²) < 4.78 is 33.9. The lowest BCUT2D eigenvalue weighted by molar-refractivity contribution is 0.00430. The number of halogens is 1. The van der Waals surface area contributed by atoms with Crippen LogP contribution in [-0.4, -0.2) is 33.7 Å². The van der Waals surface area contributed by atoms with Gasteiger partial charge in [0, 0.05) is 11.1 Å². The number of carbonyl (C=O) groups is 1. The first-order valence-electron chi connectivity index (χ1n) is 6.28. The van der Waals surface area contributed by atoms with Crippen LogP contribution in [0.3, 0.4) is 0 Å². The van der Waals surface area contributed by atoms with Crippen LogP contribution in [0.5, 0.6) is 0 Å². The van der Waals surface area contributed by atoms with Crippen molar-refractivity contribution in [2.75, 3.05) is 13.2 Å². The van der Waals surface area contributed by atoms with Crippen molar-refractivity contribution in [2.24, 2.45) is 5.14 Å². The summed E-state index contributed by atoms with van der Waals surface area (Å²) in [6.45, 7) is 5.84. The van der Waals surface area contributed by atoms with Crippen LogP contribution >= 0.6 is 15.9 Å². The zero-order chi connectivity index (χ0) is 16.2. The van der Waals surface area contributed by atoms with Crippen LogP contribution < -0.4 is 5.14 Å². The van der Waals surface area contributed by atoms with Crippen molar-refractivity contribution in [3.05, 3.63) is 27.7 Å². The fourth-order valence-electron chi connectivity index (χ4n) is 1.73. The molecule has 0 saturated heterocycles. The Morgan fingerprint density at radius 2 is 2.05 bits per heavy atom. The lowest BCUT2D eigenvalue weighted by Gasteiger charge is -2.15. The van der Waals surface area contributed by atoms with Gasteiger partial charge in [0.1, 0.15) is 6.10 Å². The van der Waals surface area contributed by atoms with Gasteiger partial charge >= 0.3 is 5.97 Å². The maximum Gasteiger partial charge on any atom is 0.338 e. The molecule has 0 fully saturated rings. The monoisotopic (exact) mass is 379 g/mol. The molecule has 6 nitrogen and oxygen atoms in total. The first-order chi connectivity index (χ1) is 9.66. The van der Waals surface area contributed by atoms with Crippen LogP contribution in [0.15, 0.2) is 21.5 Å². The molecule has 0 amide bonds. The van der Waals surface area contributed by atoms with Crippen molar-refractivity contribution in [1.29, 1.82) is 0 Å². The molecule has 0 aliphatic rings. The molecule has 0 spiro atoms. The van der Waals surface area contributed by atoms with E-state index in [2.05, 4.69) is 15.9 Å². The van der Waals surface area contributed by atoms with Gasteiger partial charge in [0.25, 0.3) is 0 Å². The second kappa shape index (κ2) is 7.35. The summed E-state index contributed by atoms with van der Waals surface area (Å²) in [6, 6.07) is 2.85. The average molecular weight is 380 g/mol. The summed E-state index contributed by atoms with van der Waals surface area (Å²) in [5.74, 6) is -0.620. The summed E-state index contributed by atoms with van der Waals surface area (Å²) in [4.78, 5) is 12.0. The predicted octanol–water partition coefficient (Wildman–Crippen LogP) is 1.99. The standard InChI is InChI=1S/C13H18BrNO5S/c1-4-19-7-8(2)20-13(16)11-5-10(14)6-12(9(11)3)21(15,17)18/h5-6,8H,4,7H2,1-3H3,(H2,15,17,18). The lowest BCUT2D eigenvalue weighted by Crippen LogP contribution is -2.22. The van der Waals surface area contributed by atoms with Crippen LogP contribution in [0.2, 0.25) is 0 Å². The Kier molecular flexibility index (Phi) is 6.33. The summed E-state index contributed by atoms with van der Waals surface area (Å²) in [5, 5.41) is 5.14. The zero-order valence-corrected chi connectivity index (χ0v) is 14.5. The van der Waals surface area contributed by atoms with Crippen LogP contribution in [0.25, 0.3) is 0 Å². The number of nitrogens with two attached hydrogens (primary N) is 1. The molecule has 0 bridgehead atoms. The van der Waals surface area contributed by atoms with Gasteiger partial charge < -0.3 is 9.47 Å². The number of sulfonamides is 1. The van der Waals surface area contributed by atoms with Gasteiger partial charge in [-0.25, -0.2) is 18.4 Å². The van der Waals surface area contributed by atoms with Gasteiger partial charge in [-0.15, -0.1) is 0 Å². The van der Waals surface area contributed by atoms with Crippen molar-refractivity contribution in [2.45, 2.75) is 31.8 Å². The summed E-state index contributed by atoms with van der Waals surface area (Å²) in [5.41, 5.74) is 0.408. The largest absolute Gasteiger partial charge is 0.457 e. The minimum Gasteiger partial charge on any atom is -0.457 e. The number of carbonyl (C=O) groups excluding carboxylic acids is 1. The number of benzene rings is 1. The topological polar surface area (TPSA) is 95.7 Å². The number of esters is 1. The Morgan fingerprint density at radius 3 is 2.57 bits per heavy atom. The van der Waals surface area contributed by atoms with E-state index in [0.29, 0.717) is 11.1 Å². The van der Waals surface area contributed by atoms with Gasteiger partial charge in [0.15, 0.2) is 0 Å². The molecule has 0 heterocycles. The third kappa shape index (κ3) is 5.06. The minimum atomic E-state index is -3.92. The molecule has 1 unspecified atom stereocenters. The van der Waals surface area contributed by atoms with Crippen LogP contribution in [0.4, 0.5) is 0 Å². The van der Waals surface area contributed by atoms with E-state index >= 15 is 0 Å². The molecule has 0 aliphatic carbocycles. The fourth-order valence-corrected chi connectivity index (χ4v) is 3.16.